The van der Waals surface area contributed by atoms with E-state index in [1.807, 2.05) is 12.1 Å². The lowest BCUT2D eigenvalue weighted by molar-refractivity contribution is -0.152. The van der Waals surface area contributed by atoms with Crippen LogP contribution in [0.2, 0.25) is 0 Å². The summed E-state index contributed by atoms with van der Waals surface area (Å²) >= 11 is 3.36. The highest BCUT2D eigenvalue weighted by molar-refractivity contribution is 9.10. The number of benzene rings is 1. The van der Waals surface area contributed by atoms with E-state index >= 15 is 0 Å². The van der Waals surface area contributed by atoms with Crippen LogP contribution in [-0.2, 0) is 11.2 Å². The highest BCUT2D eigenvalue weighted by Gasteiger charge is 2.30. The summed E-state index contributed by atoms with van der Waals surface area (Å²) in [6, 6.07) is 5.55. The van der Waals surface area contributed by atoms with Gasteiger partial charge >= 0.3 is 5.97 Å². The number of carboxylic acid groups (broad SMARTS) is 1. The van der Waals surface area contributed by atoms with Crippen molar-refractivity contribution in [2.75, 3.05) is 0 Å². The third-order valence-corrected chi connectivity index (χ3v) is 3.10. The third kappa shape index (κ3) is 2.20. The van der Waals surface area contributed by atoms with E-state index in [1.165, 1.54) is 0 Å². The molecule has 2 unspecified atom stereocenters. The molecule has 1 aromatic carbocycles. The van der Waals surface area contributed by atoms with E-state index in [4.69, 9.17) is 9.84 Å². The van der Waals surface area contributed by atoms with Crippen LogP contribution in [0.25, 0.3) is 0 Å². The van der Waals surface area contributed by atoms with E-state index in [-0.39, 0.29) is 0 Å². The van der Waals surface area contributed by atoms with E-state index in [2.05, 4.69) is 15.9 Å². The van der Waals surface area contributed by atoms with E-state index in [9.17, 15) is 9.90 Å². The van der Waals surface area contributed by atoms with E-state index in [1.54, 1.807) is 6.07 Å². The number of halogens is 1. The van der Waals surface area contributed by atoms with Gasteiger partial charge in [0, 0.05) is 4.47 Å². The lowest BCUT2D eigenvalue weighted by atomic mass is 9.99. The van der Waals surface area contributed by atoms with Gasteiger partial charge in [-0.05, 0) is 36.6 Å². The third-order valence-electron chi connectivity index (χ3n) is 2.60. The Hall–Kier alpha value is -1.07. The lowest BCUT2D eigenvalue weighted by Crippen LogP contribution is -2.40. The van der Waals surface area contributed by atoms with Crippen LogP contribution in [0.1, 0.15) is 12.0 Å². The summed E-state index contributed by atoms with van der Waals surface area (Å²) in [6.07, 6.45) is -0.899. The molecule has 86 valence electrons. The molecule has 16 heavy (non-hydrogen) atoms. The summed E-state index contributed by atoms with van der Waals surface area (Å²) in [5.41, 5.74) is 1.03. The molecule has 0 saturated carbocycles. The van der Waals surface area contributed by atoms with Gasteiger partial charge in [-0.1, -0.05) is 15.9 Å². The average Bonchev–Trinajstić information content (AvgIpc) is 2.27. The van der Waals surface area contributed by atoms with Crippen LogP contribution in [0.5, 0.6) is 5.75 Å². The Bertz CT molecular complexity index is 418. The molecule has 0 fully saturated rings. The minimum absolute atomic E-state index is 0.511. The lowest BCUT2D eigenvalue weighted by Gasteiger charge is -2.27. The maximum Gasteiger partial charge on any atom is 0.336 e. The molecule has 0 aliphatic carbocycles. The second-order valence-electron chi connectivity index (χ2n) is 3.73. The second kappa shape index (κ2) is 4.43. The first-order chi connectivity index (χ1) is 7.58. The van der Waals surface area contributed by atoms with Gasteiger partial charge in [-0.15, -0.1) is 0 Å². The van der Waals surface area contributed by atoms with Gasteiger partial charge in [0.1, 0.15) is 11.9 Å². The molecule has 1 aliphatic rings. The summed E-state index contributed by atoms with van der Waals surface area (Å²) in [5.74, 6) is -0.592. The zero-order valence-corrected chi connectivity index (χ0v) is 9.98. The minimum atomic E-state index is -1.46. The molecule has 4 nitrogen and oxygen atoms in total. The number of rotatable bonds is 2. The summed E-state index contributed by atoms with van der Waals surface area (Å²) in [4.78, 5) is 10.6. The van der Waals surface area contributed by atoms with Crippen molar-refractivity contribution >= 4 is 21.9 Å². The molecule has 0 bridgehead atoms. The Kier molecular flexibility index (Phi) is 3.16. The number of hydrogen-bond donors (Lipinski definition) is 2. The molecule has 0 radical (unpaired) electrons. The van der Waals surface area contributed by atoms with Gasteiger partial charge in [-0.2, -0.15) is 0 Å². The van der Waals surface area contributed by atoms with E-state index in [0.29, 0.717) is 18.6 Å². The Morgan fingerprint density at radius 2 is 2.31 bits per heavy atom. The number of aliphatic carboxylic acids is 1. The van der Waals surface area contributed by atoms with Gasteiger partial charge in [0.15, 0.2) is 6.10 Å². The maximum atomic E-state index is 10.6. The summed E-state index contributed by atoms with van der Waals surface area (Å²) in [6.45, 7) is 0. The molecule has 5 heteroatoms. The fraction of sp³-hybridized carbons (Fsp3) is 0.364. The fourth-order valence-electron chi connectivity index (χ4n) is 1.76. The molecule has 0 aromatic heterocycles. The number of hydrogen-bond acceptors (Lipinski definition) is 3. The van der Waals surface area contributed by atoms with E-state index < -0.39 is 18.2 Å². The SMILES string of the molecule is O=C(O)C(O)C1CCc2cc(Br)ccc2O1. The number of aliphatic hydroxyl groups is 1. The van der Waals surface area contributed by atoms with Crippen LogP contribution >= 0.6 is 15.9 Å². The number of fused-ring (bicyclic) bond motifs is 1. The van der Waals surface area contributed by atoms with Crippen molar-refractivity contribution < 1.29 is 19.7 Å². The van der Waals surface area contributed by atoms with Crippen molar-refractivity contribution in [3.8, 4) is 5.75 Å². The number of aryl methyl sites for hydroxylation is 1. The molecule has 2 N–H and O–H groups in total. The van der Waals surface area contributed by atoms with Crippen LogP contribution in [-0.4, -0.2) is 28.4 Å². The molecule has 2 atom stereocenters. The first-order valence-electron chi connectivity index (χ1n) is 4.94. The van der Waals surface area contributed by atoms with Gasteiger partial charge in [-0.3, -0.25) is 0 Å². The topological polar surface area (TPSA) is 66.8 Å². The van der Waals surface area contributed by atoms with Crippen molar-refractivity contribution in [2.24, 2.45) is 0 Å². The quantitative estimate of drug-likeness (QED) is 0.866. The molecular formula is C11H11BrO4. The largest absolute Gasteiger partial charge is 0.487 e. The predicted octanol–water partition coefficient (Wildman–Crippen LogP) is 1.59. The van der Waals surface area contributed by atoms with Crippen molar-refractivity contribution in [3.63, 3.8) is 0 Å². The molecule has 0 spiro atoms. The van der Waals surface area contributed by atoms with Gasteiger partial charge in [0.05, 0.1) is 0 Å². The van der Waals surface area contributed by atoms with Crippen LogP contribution < -0.4 is 4.74 Å². The van der Waals surface area contributed by atoms with Crippen molar-refractivity contribution in [3.05, 3.63) is 28.2 Å². The Morgan fingerprint density at radius 3 is 3.00 bits per heavy atom. The summed E-state index contributed by atoms with van der Waals surface area (Å²) in [7, 11) is 0. The number of ether oxygens (including phenoxy) is 1. The van der Waals surface area contributed by atoms with Gasteiger partial charge < -0.3 is 14.9 Å². The molecule has 1 aromatic rings. The Labute approximate surface area is 101 Å². The monoisotopic (exact) mass is 286 g/mol. The smallest absolute Gasteiger partial charge is 0.336 e. The maximum absolute atomic E-state index is 10.6. The van der Waals surface area contributed by atoms with Crippen LogP contribution in [0, 0.1) is 0 Å². The van der Waals surface area contributed by atoms with Crippen molar-refractivity contribution in [1.82, 2.24) is 0 Å². The first-order valence-corrected chi connectivity index (χ1v) is 5.73. The van der Waals surface area contributed by atoms with Gasteiger partial charge in [-0.25, -0.2) is 4.79 Å². The minimum Gasteiger partial charge on any atom is -0.487 e. The molecule has 0 saturated heterocycles. The van der Waals surface area contributed by atoms with Crippen LogP contribution in [0.15, 0.2) is 22.7 Å². The average molecular weight is 287 g/mol. The first kappa shape index (κ1) is 11.4. The Morgan fingerprint density at radius 1 is 1.56 bits per heavy atom. The number of carbonyl (C=O) groups is 1. The van der Waals surface area contributed by atoms with Gasteiger partial charge in [0.25, 0.3) is 0 Å². The molecule has 1 heterocycles. The van der Waals surface area contributed by atoms with E-state index in [0.717, 1.165) is 10.0 Å². The van der Waals surface area contributed by atoms with Crippen LogP contribution in [0.4, 0.5) is 0 Å². The molecule has 1 aliphatic heterocycles. The second-order valence-corrected chi connectivity index (χ2v) is 4.65. The fourth-order valence-corrected chi connectivity index (χ4v) is 2.17. The van der Waals surface area contributed by atoms with Crippen LogP contribution in [0.3, 0.4) is 0 Å². The summed E-state index contributed by atoms with van der Waals surface area (Å²) in [5, 5.41) is 18.1. The summed E-state index contributed by atoms with van der Waals surface area (Å²) < 4.78 is 6.42. The van der Waals surface area contributed by atoms with Crippen molar-refractivity contribution in [1.29, 1.82) is 0 Å². The predicted molar refractivity (Wildman–Crippen MR) is 60.5 cm³/mol. The molecule has 2 rings (SSSR count). The highest BCUT2D eigenvalue weighted by atomic mass is 79.9. The normalized spacial score (nSPS) is 20.8. The molecular weight excluding hydrogens is 276 g/mol. The van der Waals surface area contributed by atoms with Crippen molar-refractivity contribution in [2.45, 2.75) is 25.0 Å². The number of aliphatic hydroxyl groups excluding tert-OH is 1. The standard InChI is InChI=1S/C11H11BrO4/c12-7-2-4-8-6(5-7)1-3-9(16-8)10(13)11(14)15/h2,4-5,9-10,13H,1,3H2,(H,14,15). The Balaban J connectivity index is 2.18. The zero-order valence-electron chi connectivity index (χ0n) is 8.39. The molecule has 0 amide bonds. The van der Waals surface area contributed by atoms with Gasteiger partial charge in [0.2, 0.25) is 0 Å². The highest BCUT2D eigenvalue weighted by Crippen LogP contribution is 2.31. The zero-order chi connectivity index (χ0) is 11.7. The number of carboxylic acids is 1.